The third-order valence-corrected chi connectivity index (χ3v) is 2.59. The summed E-state index contributed by atoms with van der Waals surface area (Å²) in [6, 6.07) is 1.49. The van der Waals surface area contributed by atoms with E-state index in [0.29, 0.717) is 13.2 Å². The Balaban J connectivity index is 1.95. The largest absolute Gasteiger partial charge is 0.476 e. The zero-order valence-corrected chi connectivity index (χ0v) is 9.17. The Labute approximate surface area is 93.4 Å². The van der Waals surface area contributed by atoms with Gasteiger partial charge in [0.25, 0.3) is 0 Å². The number of ether oxygens (including phenoxy) is 1. The van der Waals surface area contributed by atoms with E-state index in [1.165, 1.54) is 6.07 Å². The number of likely N-dealkylation sites (N-methyl/N-ethyl adjacent to an activating group) is 1. The Morgan fingerprint density at radius 2 is 2.56 bits per heavy atom. The van der Waals surface area contributed by atoms with Gasteiger partial charge < -0.3 is 14.7 Å². The van der Waals surface area contributed by atoms with E-state index in [2.05, 4.69) is 10.00 Å². The molecule has 1 aromatic heterocycles. The van der Waals surface area contributed by atoms with Crippen molar-refractivity contribution in [2.75, 3.05) is 26.7 Å². The molecule has 6 nitrogen and oxygen atoms in total. The lowest BCUT2D eigenvalue weighted by Gasteiger charge is -2.29. The third-order valence-electron chi connectivity index (χ3n) is 2.59. The van der Waals surface area contributed by atoms with E-state index in [-0.39, 0.29) is 11.8 Å². The molecule has 1 N–H and O–H groups in total. The lowest BCUT2D eigenvalue weighted by Crippen LogP contribution is -2.42. The van der Waals surface area contributed by atoms with Crippen LogP contribution in [0.1, 0.15) is 10.5 Å². The maximum absolute atomic E-state index is 10.6. The van der Waals surface area contributed by atoms with Crippen LogP contribution >= 0.6 is 0 Å². The number of rotatable bonds is 3. The van der Waals surface area contributed by atoms with Crippen LogP contribution in [0.2, 0.25) is 0 Å². The lowest BCUT2D eigenvalue weighted by molar-refractivity contribution is -0.0291. The van der Waals surface area contributed by atoms with Crippen LogP contribution in [0.5, 0.6) is 0 Å². The van der Waals surface area contributed by atoms with Crippen molar-refractivity contribution in [1.29, 1.82) is 0 Å². The molecule has 0 amide bonds. The van der Waals surface area contributed by atoms with Crippen LogP contribution < -0.4 is 0 Å². The normalized spacial score (nSPS) is 22.2. The molecule has 1 unspecified atom stereocenters. The van der Waals surface area contributed by atoms with Crippen LogP contribution in [0.25, 0.3) is 0 Å². The molecule has 0 bridgehead atoms. The molecule has 88 valence electrons. The van der Waals surface area contributed by atoms with Crippen molar-refractivity contribution in [2.45, 2.75) is 12.6 Å². The van der Waals surface area contributed by atoms with E-state index in [4.69, 9.17) is 9.84 Å². The predicted octanol–water partition coefficient (Wildman–Crippen LogP) is -0.0881. The standard InChI is InChI=1S/C10H15N3O3/c1-12-4-5-16-8(6-12)7-13-3-2-9(11-13)10(14)15/h2-3,8H,4-7H2,1H3,(H,14,15). The molecule has 1 aromatic rings. The minimum Gasteiger partial charge on any atom is -0.476 e. The van der Waals surface area contributed by atoms with Crippen LogP contribution in [0, 0.1) is 0 Å². The average molecular weight is 225 g/mol. The first-order valence-corrected chi connectivity index (χ1v) is 5.22. The summed E-state index contributed by atoms with van der Waals surface area (Å²) in [7, 11) is 2.04. The van der Waals surface area contributed by atoms with E-state index in [0.717, 1.165) is 13.1 Å². The van der Waals surface area contributed by atoms with Gasteiger partial charge in [0.05, 0.1) is 19.3 Å². The van der Waals surface area contributed by atoms with Gasteiger partial charge in [-0.3, -0.25) is 4.68 Å². The second-order valence-corrected chi connectivity index (χ2v) is 3.98. The molecule has 0 saturated carbocycles. The minimum absolute atomic E-state index is 0.0733. The summed E-state index contributed by atoms with van der Waals surface area (Å²) in [6.45, 7) is 3.10. The van der Waals surface area contributed by atoms with Crippen molar-refractivity contribution in [2.24, 2.45) is 0 Å². The van der Waals surface area contributed by atoms with Crippen LogP contribution in [-0.2, 0) is 11.3 Å². The molecule has 0 aliphatic carbocycles. The Morgan fingerprint density at radius 1 is 1.75 bits per heavy atom. The number of aromatic nitrogens is 2. The fraction of sp³-hybridized carbons (Fsp3) is 0.600. The molecule has 2 heterocycles. The number of hydrogen-bond acceptors (Lipinski definition) is 4. The van der Waals surface area contributed by atoms with Gasteiger partial charge in [0, 0.05) is 19.3 Å². The highest BCUT2D eigenvalue weighted by atomic mass is 16.5. The quantitative estimate of drug-likeness (QED) is 0.778. The first-order valence-electron chi connectivity index (χ1n) is 5.22. The summed E-state index contributed by atoms with van der Waals surface area (Å²) in [5.74, 6) is -1.000. The minimum atomic E-state index is -1.000. The van der Waals surface area contributed by atoms with Gasteiger partial charge in [-0.05, 0) is 13.1 Å². The van der Waals surface area contributed by atoms with Gasteiger partial charge >= 0.3 is 5.97 Å². The molecule has 1 fully saturated rings. The Bertz CT molecular complexity index is 377. The molecule has 0 radical (unpaired) electrons. The summed E-state index contributed by atoms with van der Waals surface area (Å²) >= 11 is 0. The average Bonchev–Trinajstić information content (AvgIpc) is 2.66. The SMILES string of the molecule is CN1CCOC(Cn2ccc(C(=O)O)n2)C1. The van der Waals surface area contributed by atoms with E-state index < -0.39 is 5.97 Å². The molecule has 0 spiro atoms. The summed E-state index contributed by atoms with van der Waals surface area (Å²) in [6.07, 6.45) is 1.75. The second-order valence-electron chi connectivity index (χ2n) is 3.98. The number of carboxylic acid groups (broad SMARTS) is 1. The molecule has 1 saturated heterocycles. The Hall–Kier alpha value is -1.40. The number of nitrogens with zero attached hydrogens (tertiary/aromatic N) is 3. The van der Waals surface area contributed by atoms with E-state index in [9.17, 15) is 4.79 Å². The highest BCUT2D eigenvalue weighted by Gasteiger charge is 2.18. The lowest BCUT2D eigenvalue weighted by atomic mass is 10.3. The molecule has 6 heteroatoms. The molecule has 1 aliphatic heterocycles. The van der Waals surface area contributed by atoms with Gasteiger partial charge in [-0.25, -0.2) is 4.79 Å². The zero-order valence-electron chi connectivity index (χ0n) is 9.17. The van der Waals surface area contributed by atoms with Crippen LogP contribution in [0.4, 0.5) is 0 Å². The van der Waals surface area contributed by atoms with Crippen molar-refractivity contribution in [3.8, 4) is 0 Å². The molecular weight excluding hydrogens is 210 g/mol. The Morgan fingerprint density at radius 3 is 3.19 bits per heavy atom. The second kappa shape index (κ2) is 4.63. The molecule has 1 atom stereocenters. The van der Waals surface area contributed by atoms with Gasteiger partial charge in [-0.2, -0.15) is 5.10 Å². The first kappa shape index (κ1) is 11.1. The fourth-order valence-electron chi connectivity index (χ4n) is 1.76. The van der Waals surface area contributed by atoms with Gasteiger partial charge in [0.15, 0.2) is 5.69 Å². The third kappa shape index (κ3) is 2.59. The molecular formula is C10H15N3O3. The van der Waals surface area contributed by atoms with E-state index in [1.807, 2.05) is 7.05 Å². The Kier molecular flexibility index (Phi) is 3.21. The first-order chi connectivity index (χ1) is 7.65. The van der Waals surface area contributed by atoms with Crippen LogP contribution in [-0.4, -0.2) is 58.6 Å². The van der Waals surface area contributed by atoms with E-state index >= 15 is 0 Å². The summed E-state index contributed by atoms with van der Waals surface area (Å²) in [4.78, 5) is 12.8. The van der Waals surface area contributed by atoms with Crippen molar-refractivity contribution in [1.82, 2.24) is 14.7 Å². The van der Waals surface area contributed by atoms with Crippen LogP contribution in [0.15, 0.2) is 12.3 Å². The monoisotopic (exact) mass is 225 g/mol. The van der Waals surface area contributed by atoms with Crippen molar-refractivity contribution in [3.63, 3.8) is 0 Å². The fourth-order valence-corrected chi connectivity index (χ4v) is 1.76. The smallest absolute Gasteiger partial charge is 0.356 e. The maximum atomic E-state index is 10.6. The molecule has 0 aromatic carbocycles. The van der Waals surface area contributed by atoms with Gasteiger partial charge in [0.2, 0.25) is 0 Å². The number of hydrogen-bond donors (Lipinski definition) is 1. The summed E-state index contributed by atoms with van der Waals surface area (Å²) < 4.78 is 7.19. The van der Waals surface area contributed by atoms with Gasteiger partial charge in [-0.1, -0.05) is 0 Å². The molecule has 2 rings (SSSR count). The number of aromatic carboxylic acids is 1. The summed E-state index contributed by atoms with van der Waals surface area (Å²) in [5.41, 5.74) is 0.0733. The van der Waals surface area contributed by atoms with Gasteiger partial charge in [0.1, 0.15) is 0 Å². The van der Waals surface area contributed by atoms with Crippen LogP contribution in [0.3, 0.4) is 0 Å². The highest BCUT2D eigenvalue weighted by Crippen LogP contribution is 2.06. The highest BCUT2D eigenvalue weighted by molar-refractivity contribution is 5.84. The number of carbonyl (C=O) groups is 1. The van der Waals surface area contributed by atoms with Crippen molar-refractivity contribution < 1.29 is 14.6 Å². The van der Waals surface area contributed by atoms with Crippen molar-refractivity contribution in [3.05, 3.63) is 18.0 Å². The van der Waals surface area contributed by atoms with Crippen molar-refractivity contribution >= 4 is 5.97 Å². The zero-order chi connectivity index (χ0) is 11.5. The molecule has 16 heavy (non-hydrogen) atoms. The van der Waals surface area contributed by atoms with E-state index in [1.54, 1.807) is 10.9 Å². The topological polar surface area (TPSA) is 67.6 Å². The molecule has 1 aliphatic rings. The van der Waals surface area contributed by atoms with Gasteiger partial charge in [-0.15, -0.1) is 0 Å². The number of morpholine rings is 1. The maximum Gasteiger partial charge on any atom is 0.356 e. The summed E-state index contributed by atoms with van der Waals surface area (Å²) in [5, 5.41) is 12.7. The predicted molar refractivity (Wildman–Crippen MR) is 56.4 cm³/mol. The number of carboxylic acids is 1.